The molecule has 0 atom stereocenters. The van der Waals surface area contributed by atoms with Gasteiger partial charge >= 0.3 is 0 Å². The minimum Gasteiger partial charge on any atom is -0.489 e. The molecule has 1 heterocycles. The molecule has 29 heavy (non-hydrogen) atoms. The maximum atomic E-state index is 12.6. The predicted molar refractivity (Wildman–Crippen MR) is 115 cm³/mol. The van der Waals surface area contributed by atoms with E-state index in [0.717, 1.165) is 17.5 Å². The van der Waals surface area contributed by atoms with Crippen molar-refractivity contribution in [3.63, 3.8) is 0 Å². The number of carbonyl (C=O) groups is 1. The second-order valence-electron chi connectivity index (χ2n) is 6.84. The number of aliphatic hydroxyl groups is 1. The topological polar surface area (TPSA) is 74.9 Å². The first kappa shape index (κ1) is 22.5. The molecule has 0 saturated carbocycles. The number of aliphatic hydroxyl groups excluding tert-OH is 1. The lowest BCUT2D eigenvalue weighted by molar-refractivity contribution is 0.0951. The zero-order valence-corrected chi connectivity index (χ0v) is 17.6. The van der Waals surface area contributed by atoms with Gasteiger partial charge in [0, 0.05) is 25.1 Å². The SMILES string of the molecule is CCO.Cc1oc2ccc(OCc3ccccc3)cc2c1C(=O)NCCN(C)C. The lowest BCUT2D eigenvalue weighted by Crippen LogP contribution is -2.31. The summed E-state index contributed by atoms with van der Waals surface area (Å²) in [4.78, 5) is 14.6. The van der Waals surface area contributed by atoms with Crippen LogP contribution in [0.15, 0.2) is 52.9 Å². The van der Waals surface area contributed by atoms with Crippen LogP contribution in [0, 0.1) is 6.92 Å². The second kappa shape index (κ2) is 11.2. The van der Waals surface area contributed by atoms with E-state index in [1.54, 1.807) is 6.92 Å². The van der Waals surface area contributed by atoms with E-state index >= 15 is 0 Å². The largest absolute Gasteiger partial charge is 0.489 e. The Labute approximate surface area is 172 Å². The number of aryl methyl sites for hydroxylation is 1. The molecule has 2 N–H and O–H groups in total. The Hall–Kier alpha value is -2.83. The number of likely N-dealkylation sites (N-methyl/N-ethyl adjacent to an activating group) is 1. The molecule has 3 rings (SSSR count). The molecule has 1 amide bonds. The number of amides is 1. The summed E-state index contributed by atoms with van der Waals surface area (Å²) < 4.78 is 11.6. The Morgan fingerprint density at radius 1 is 1.17 bits per heavy atom. The van der Waals surface area contributed by atoms with E-state index in [-0.39, 0.29) is 12.5 Å². The lowest BCUT2D eigenvalue weighted by atomic mass is 10.1. The summed E-state index contributed by atoms with van der Waals surface area (Å²) in [7, 11) is 3.95. The number of benzene rings is 2. The van der Waals surface area contributed by atoms with E-state index < -0.39 is 0 Å². The highest BCUT2D eigenvalue weighted by molar-refractivity contribution is 6.07. The van der Waals surface area contributed by atoms with Crippen LogP contribution < -0.4 is 10.1 Å². The van der Waals surface area contributed by atoms with Crippen molar-refractivity contribution in [3.8, 4) is 5.75 Å². The minimum atomic E-state index is -0.122. The Kier molecular flexibility index (Phi) is 8.70. The van der Waals surface area contributed by atoms with Crippen molar-refractivity contribution in [2.24, 2.45) is 0 Å². The van der Waals surface area contributed by atoms with Gasteiger partial charge in [0.25, 0.3) is 5.91 Å². The van der Waals surface area contributed by atoms with Crippen LogP contribution in [0.1, 0.15) is 28.6 Å². The fourth-order valence-electron chi connectivity index (χ4n) is 2.79. The number of furan rings is 1. The summed E-state index contributed by atoms with van der Waals surface area (Å²) in [5.41, 5.74) is 2.36. The molecule has 0 radical (unpaired) electrons. The van der Waals surface area contributed by atoms with E-state index in [1.807, 2.05) is 74.4 Å². The van der Waals surface area contributed by atoms with Crippen LogP contribution in [0.3, 0.4) is 0 Å². The zero-order valence-electron chi connectivity index (χ0n) is 17.6. The fourth-order valence-corrected chi connectivity index (χ4v) is 2.79. The van der Waals surface area contributed by atoms with E-state index in [2.05, 4.69) is 5.32 Å². The molecule has 0 aliphatic rings. The summed E-state index contributed by atoms with van der Waals surface area (Å²) >= 11 is 0. The summed E-state index contributed by atoms with van der Waals surface area (Å²) in [6.45, 7) is 5.59. The predicted octanol–water partition coefficient (Wildman–Crippen LogP) is 3.61. The minimum absolute atomic E-state index is 0.122. The van der Waals surface area contributed by atoms with Crippen molar-refractivity contribution in [1.82, 2.24) is 10.2 Å². The van der Waals surface area contributed by atoms with Crippen LogP contribution in [0.2, 0.25) is 0 Å². The Bertz CT molecular complexity index is 904. The van der Waals surface area contributed by atoms with Gasteiger partial charge in [-0.3, -0.25) is 4.79 Å². The maximum absolute atomic E-state index is 12.6. The molecule has 0 bridgehead atoms. The summed E-state index contributed by atoms with van der Waals surface area (Å²) in [6.07, 6.45) is 0. The monoisotopic (exact) mass is 398 g/mol. The average Bonchev–Trinajstić information content (AvgIpc) is 3.02. The van der Waals surface area contributed by atoms with Crippen molar-refractivity contribution in [2.45, 2.75) is 20.5 Å². The molecule has 2 aromatic carbocycles. The van der Waals surface area contributed by atoms with Gasteiger partial charge in [-0.1, -0.05) is 30.3 Å². The number of ether oxygens (including phenoxy) is 1. The van der Waals surface area contributed by atoms with Crippen LogP contribution >= 0.6 is 0 Å². The molecule has 6 heteroatoms. The first-order chi connectivity index (χ1) is 14.0. The molecule has 1 aromatic heterocycles. The lowest BCUT2D eigenvalue weighted by Gasteiger charge is -2.10. The number of nitrogens with zero attached hydrogens (tertiary/aromatic N) is 1. The molecule has 3 aromatic rings. The van der Waals surface area contributed by atoms with Gasteiger partial charge < -0.3 is 24.5 Å². The van der Waals surface area contributed by atoms with Gasteiger partial charge in [0.2, 0.25) is 0 Å². The van der Waals surface area contributed by atoms with Gasteiger partial charge in [-0.25, -0.2) is 0 Å². The standard InChI is InChI=1S/C21H24N2O3.C2H6O/c1-15-20(21(24)22-11-12-23(2)3)18-13-17(9-10-19(18)26-15)25-14-16-7-5-4-6-8-16;1-2-3/h4-10,13H,11-12,14H2,1-3H3,(H,22,24);3H,2H2,1H3. The average molecular weight is 399 g/mol. The van der Waals surface area contributed by atoms with E-state index in [0.29, 0.717) is 35.8 Å². The van der Waals surface area contributed by atoms with Crippen LogP contribution in [0.4, 0.5) is 0 Å². The molecule has 0 saturated heterocycles. The van der Waals surface area contributed by atoms with Gasteiger partial charge in [0.1, 0.15) is 23.7 Å². The molecular weight excluding hydrogens is 368 g/mol. The van der Waals surface area contributed by atoms with Crippen molar-refractivity contribution in [2.75, 3.05) is 33.8 Å². The Morgan fingerprint density at radius 2 is 1.86 bits per heavy atom. The molecule has 0 unspecified atom stereocenters. The van der Waals surface area contributed by atoms with Crippen LogP contribution in [0.25, 0.3) is 11.0 Å². The smallest absolute Gasteiger partial charge is 0.255 e. The van der Waals surface area contributed by atoms with Gasteiger partial charge in [-0.2, -0.15) is 0 Å². The van der Waals surface area contributed by atoms with Crippen molar-refractivity contribution >= 4 is 16.9 Å². The molecule has 0 fully saturated rings. The second-order valence-corrected chi connectivity index (χ2v) is 6.84. The number of hydrogen-bond acceptors (Lipinski definition) is 5. The zero-order chi connectivity index (χ0) is 21.2. The summed E-state index contributed by atoms with van der Waals surface area (Å²) in [5, 5.41) is 11.3. The Morgan fingerprint density at radius 3 is 2.52 bits per heavy atom. The quantitative estimate of drug-likeness (QED) is 0.636. The van der Waals surface area contributed by atoms with Gasteiger partial charge in [0.15, 0.2) is 0 Å². The third kappa shape index (κ3) is 6.62. The van der Waals surface area contributed by atoms with Gasteiger partial charge in [0.05, 0.1) is 5.56 Å². The molecule has 0 spiro atoms. The van der Waals surface area contributed by atoms with Crippen LogP contribution in [-0.4, -0.2) is 49.7 Å². The molecule has 6 nitrogen and oxygen atoms in total. The fraction of sp³-hybridized carbons (Fsp3) is 0.348. The molecule has 0 aliphatic heterocycles. The third-order valence-electron chi connectivity index (χ3n) is 4.16. The Balaban J connectivity index is 0.000000941. The van der Waals surface area contributed by atoms with Gasteiger partial charge in [-0.05, 0) is 51.7 Å². The molecule has 156 valence electrons. The number of rotatable bonds is 7. The van der Waals surface area contributed by atoms with Crippen molar-refractivity contribution in [1.29, 1.82) is 0 Å². The number of fused-ring (bicyclic) bond motifs is 1. The number of carbonyl (C=O) groups excluding carboxylic acids is 1. The third-order valence-corrected chi connectivity index (χ3v) is 4.16. The molecule has 0 aliphatic carbocycles. The highest BCUT2D eigenvalue weighted by Crippen LogP contribution is 2.29. The normalized spacial score (nSPS) is 10.6. The number of hydrogen-bond donors (Lipinski definition) is 2. The van der Waals surface area contributed by atoms with Crippen molar-refractivity contribution < 1.29 is 19.1 Å². The molecular formula is C23H30N2O4. The first-order valence-electron chi connectivity index (χ1n) is 9.69. The summed E-state index contributed by atoms with van der Waals surface area (Å²) in [6, 6.07) is 15.6. The number of nitrogens with one attached hydrogen (secondary N) is 1. The van der Waals surface area contributed by atoms with Crippen LogP contribution in [-0.2, 0) is 6.61 Å². The summed E-state index contributed by atoms with van der Waals surface area (Å²) in [5.74, 6) is 1.20. The van der Waals surface area contributed by atoms with E-state index in [1.165, 1.54) is 0 Å². The van der Waals surface area contributed by atoms with E-state index in [9.17, 15) is 4.79 Å². The van der Waals surface area contributed by atoms with Crippen molar-refractivity contribution in [3.05, 3.63) is 65.4 Å². The highest BCUT2D eigenvalue weighted by Gasteiger charge is 2.18. The highest BCUT2D eigenvalue weighted by atomic mass is 16.5. The van der Waals surface area contributed by atoms with E-state index in [4.69, 9.17) is 14.3 Å². The van der Waals surface area contributed by atoms with Gasteiger partial charge in [-0.15, -0.1) is 0 Å². The van der Waals surface area contributed by atoms with Crippen LogP contribution in [0.5, 0.6) is 5.75 Å². The first-order valence-corrected chi connectivity index (χ1v) is 9.69. The maximum Gasteiger partial charge on any atom is 0.255 e.